The summed E-state index contributed by atoms with van der Waals surface area (Å²) in [5.74, 6) is -2.05. The third-order valence-electron chi connectivity index (χ3n) is 9.29. The molecule has 5 nitrogen and oxygen atoms in total. The van der Waals surface area contributed by atoms with Crippen LogP contribution < -0.4 is 5.32 Å². The van der Waals surface area contributed by atoms with Gasteiger partial charge in [0.1, 0.15) is 5.82 Å². The molecular formula is C31H36F4N2O3. The van der Waals surface area contributed by atoms with E-state index >= 15 is 0 Å². The van der Waals surface area contributed by atoms with Crippen LogP contribution in [0.25, 0.3) is 0 Å². The van der Waals surface area contributed by atoms with Gasteiger partial charge in [-0.3, -0.25) is 9.59 Å². The molecule has 2 aromatic rings. The molecule has 2 aliphatic heterocycles. The third kappa shape index (κ3) is 5.62. The topological polar surface area (TPSA) is 58.6 Å². The number of benzene rings is 2. The van der Waals surface area contributed by atoms with E-state index in [1.54, 1.807) is 24.0 Å². The summed E-state index contributed by atoms with van der Waals surface area (Å²) in [6.07, 6.45) is 0.966. The van der Waals surface area contributed by atoms with Gasteiger partial charge in [0.05, 0.1) is 23.7 Å². The zero-order valence-corrected chi connectivity index (χ0v) is 23.0. The fourth-order valence-electron chi connectivity index (χ4n) is 7.05. The van der Waals surface area contributed by atoms with Crippen LogP contribution in [0.4, 0.5) is 23.2 Å². The molecule has 3 aliphatic rings. The van der Waals surface area contributed by atoms with Gasteiger partial charge in [-0.05, 0) is 99.5 Å². The number of carbonyl (C=O) groups excluding carboxylic acids is 2. The number of likely N-dealkylation sites (tertiary alicyclic amines) is 1. The molecule has 2 atom stereocenters. The van der Waals surface area contributed by atoms with Crippen LogP contribution in [0.3, 0.4) is 0 Å². The van der Waals surface area contributed by atoms with Crippen molar-refractivity contribution >= 4 is 17.5 Å². The van der Waals surface area contributed by atoms with Crippen molar-refractivity contribution in [3.63, 3.8) is 0 Å². The minimum atomic E-state index is -4.54. The van der Waals surface area contributed by atoms with E-state index in [0.717, 1.165) is 51.4 Å². The predicted octanol–water partition coefficient (Wildman–Crippen LogP) is 6.92. The van der Waals surface area contributed by atoms with Gasteiger partial charge in [0.15, 0.2) is 0 Å². The number of piperidine rings is 1. The summed E-state index contributed by atoms with van der Waals surface area (Å²) >= 11 is 0. The van der Waals surface area contributed by atoms with Crippen LogP contribution in [0.1, 0.15) is 72.0 Å². The van der Waals surface area contributed by atoms with E-state index in [-0.39, 0.29) is 28.1 Å². The second-order valence-electron chi connectivity index (χ2n) is 11.8. The molecule has 0 bridgehead atoms. The molecule has 5 rings (SSSR count). The third-order valence-corrected chi connectivity index (χ3v) is 9.29. The van der Waals surface area contributed by atoms with E-state index in [2.05, 4.69) is 5.32 Å². The molecule has 1 spiro atoms. The van der Waals surface area contributed by atoms with Crippen LogP contribution in [-0.4, -0.2) is 42.5 Å². The van der Waals surface area contributed by atoms with Gasteiger partial charge in [-0.15, -0.1) is 0 Å². The molecule has 9 heteroatoms. The average Bonchev–Trinajstić information content (AvgIpc) is 3.36. The van der Waals surface area contributed by atoms with Crippen LogP contribution in [0.2, 0.25) is 0 Å². The number of carbonyl (C=O) groups is 2. The number of anilines is 1. The average molecular weight is 561 g/mol. The summed E-state index contributed by atoms with van der Waals surface area (Å²) < 4.78 is 61.1. The monoisotopic (exact) mass is 560 g/mol. The highest BCUT2D eigenvalue weighted by molar-refractivity contribution is 5.98. The lowest BCUT2D eigenvalue weighted by molar-refractivity contribution is -0.138. The van der Waals surface area contributed by atoms with Crippen molar-refractivity contribution < 1.29 is 31.9 Å². The molecule has 0 aromatic heterocycles. The van der Waals surface area contributed by atoms with Gasteiger partial charge in [-0.2, -0.15) is 13.2 Å². The van der Waals surface area contributed by atoms with Gasteiger partial charge >= 0.3 is 6.18 Å². The van der Waals surface area contributed by atoms with E-state index in [1.165, 1.54) is 25.1 Å². The van der Waals surface area contributed by atoms with E-state index in [0.29, 0.717) is 24.9 Å². The van der Waals surface area contributed by atoms with Crippen molar-refractivity contribution in [1.82, 2.24) is 4.90 Å². The molecule has 2 aromatic carbocycles. The summed E-state index contributed by atoms with van der Waals surface area (Å²) in [4.78, 5) is 29.3. The molecule has 1 N–H and O–H groups in total. The zero-order valence-electron chi connectivity index (χ0n) is 23.0. The highest BCUT2D eigenvalue weighted by Gasteiger charge is 2.47. The smallest absolute Gasteiger partial charge is 0.381 e. The first-order chi connectivity index (χ1) is 19.0. The van der Waals surface area contributed by atoms with E-state index in [4.69, 9.17) is 4.74 Å². The number of halogens is 4. The maximum atomic E-state index is 14.9. The maximum Gasteiger partial charge on any atom is 0.416 e. The SMILES string of the molecule is Cc1ccc(NC(=O)C2CCCN(C(=O)c3c(C)cccc3F)C2C2CCC3(CCOC3)CC2)cc1C(F)(F)F. The Morgan fingerprint density at radius 2 is 1.77 bits per heavy atom. The van der Waals surface area contributed by atoms with E-state index < -0.39 is 41.3 Å². The number of rotatable bonds is 4. The highest BCUT2D eigenvalue weighted by atomic mass is 19.4. The van der Waals surface area contributed by atoms with Crippen molar-refractivity contribution in [3.05, 3.63) is 64.5 Å². The quantitative estimate of drug-likeness (QED) is 0.413. The number of aryl methyl sites for hydroxylation is 2. The highest BCUT2D eigenvalue weighted by Crippen LogP contribution is 2.48. The normalized spacial score (nSPS) is 27.1. The molecule has 3 fully saturated rings. The van der Waals surface area contributed by atoms with Crippen molar-refractivity contribution in [2.45, 2.75) is 71.0 Å². The Hall–Kier alpha value is -2.94. The molecule has 2 heterocycles. The Labute approximate surface area is 232 Å². The van der Waals surface area contributed by atoms with Crippen LogP contribution in [0.15, 0.2) is 36.4 Å². The van der Waals surface area contributed by atoms with Crippen LogP contribution >= 0.6 is 0 Å². The van der Waals surface area contributed by atoms with Gasteiger partial charge in [0.2, 0.25) is 5.91 Å². The van der Waals surface area contributed by atoms with Gasteiger partial charge in [-0.25, -0.2) is 4.39 Å². The fourth-order valence-corrected chi connectivity index (χ4v) is 7.05. The lowest BCUT2D eigenvalue weighted by atomic mass is 9.65. The van der Waals surface area contributed by atoms with Gasteiger partial charge in [0, 0.05) is 24.9 Å². The molecule has 40 heavy (non-hydrogen) atoms. The molecule has 2 saturated heterocycles. The molecule has 2 unspecified atom stereocenters. The van der Waals surface area contributed by atoms with Crippen LogP contribution in [-0.2, 0) is 15.7 Å². The Morgan fingerprint density at radius 3 is 2.42 bits per heavy atom. The standard InChI is InChI=1S/C31H36F4N2O3/c1-19-8-9-22(17-24(19)31(33,34)35)36-28(38)23-6-4-15-37(29(39)26-20(2)5-3-7-25(26)32)27(23)21-10-12-30(13-11-21)14-16-40-18-30/h3,5,7-9,17,21,23,27H,4,6,10-16,18H2,1-2H3,(H,36,38). The van der Waals surface area contributed by atoms with Crippen molar-refractivity contribution in [1.29, 1.82) is 0 Å². The first-order valence-electron chi connectivity index (χ1n) is 14.1. The predicted molar refractivity (Wildman–Crippen MR) is 143 cm³/mol. The second-order valence-corrected chi connectivity index (χ2v) is 11.8. The minimum Gasteiger partial charge on any atom is -0.381 e. The lowest BCUT2D eigenvalue weighted by Crippen LogP contribution is -2.56. The fraction of sp³-hybridized carbons (Fsp3) is 0.548. The Morgan fingerprint density at radius 1 is 1.02 bits per heavy atom. The number of alkyl halides is 3. The Bertz CT molecular complexity index is 1240. The van der Waals surface area contributed by atoms with Crippen LogP contribution in [0, 0.1) is 36.9 Å². The summed E-state index contributed by atoms with van der Waals surface area (Å²) in [6.45, 7) is 4.94. The van der Waals surface area contributed by atoms with Crippen molar-refractivity contribution in [2.75, 3.05) is 25.1 Å². The number of nitrogens with zero attached hydrogens (tertiary/aromatic N) is 1. The first kappa shape index (κ1) is 28.6. The van der Waals surface area contributed by atoms with Crippen molar-refractivity contribution in [2.24, 2.45) is 17.3 Å². The number of nitrogens with one attached hydrogen (secondary N) is 1. The van der Waals surface area contributed by atoms with E-state index in [9.17, 15) is 27.2 Å². The number of hydrogen-bond donors (Lipinski definition) is 1. The lowest BCUT2D eigenvalue weighted by Gasteiger charge is -2.48. The molecule has 216 valence electrons. The summed E-state index contributed by atoms with van der Waals surface area (Å²) in [6, 6.07) is 7.82. The van der Waals surface area contributed by atoms with Gasteiger partial charge in [-0.1, -0.05) is 18.2 Å². The summed E-state index contributed by atoms with van der Waals surface area (Å²) in [5, 5.41) is 2.72. The van der Waals surface area contributed by atoms with Crippen molar-refractivity contribution in [3.8, 4) is 0 Å². The molecule has 2 amide bonds. The molecular weight excluding hydrogens is 524 g/mol. The number of hydrogen-bond acceptors (Lipinski definition) is 3. The van der Waals surface area contributed by atoms with E-state index in [1.807, 2.05) is 0 Å². The largest absolute Gasteiger partial charge is 0.416 e. The maximum absolute atomic E-state index is 14.9. The summed E-state index contributed by atoms with van der Waals surface area (Å²) in [5.41, 5.74) is 0.0220. The number of ether oxygens (including phenoxy) is 1. The first-order valence-corrected chi connectivity index (χ1v) is 14.1. The van der Waals surface area contributed by atoms with Gasteiger partial charge < -0.3 is 15.0 Å². The molecule has 1 aliphatic carbocycles. The number of amides is 2. The molecule has 1 saturated carbocycles. The Balaban J connectivity index is 1.45. The summed E-state index contributed by atoms with van der Waals surface area (Å²) in [7, 11) is 0. The Kier molecular flexibility index (Phi) is 7.97. The second kappa shape index (κ2) is 11.1. The molecule has 0 radical (unpaired) electrons. The van der Waals surface area contributed by atoms with Crippen LogP contribution in [0.5, 0.6) is 0 Å². The zero-order chi connectivity index (χ0) is 28.7. The van der Waals surface area contributed by atoms with Gasteiger partial charge in [0.25, 0.3) is 5.91 Å². The minimum absolute atomic E-state index is 0.0124.